The van der Waals surface area contributed by atoms with Gasteiger partial charge in [0.15, 0.2) is 0 Å². The predicted octanol–water partition coefficient (Wildman–Crippen LogP) is 3.75. The molecule has 0 fully saturated rings. The molecule has 0 aliphatic carbocycles. The lowest BCUT2D eigenvalue weighted by Crippen LogP contribution is -2.38. The average Bonchev–Trinajstić information content (AvgIpc) is 2.78. The van der Waals surface area contributed by atoms with Crippen LogP contribution in [0.5, 0.6) is 5.75 Å². The number of methoxy groups -OCH3 is 1. The molecule has 0 aromatic heterocycles. The van der Waals surface area contributed by atoms with E-state index in [1.165, 1.54) is 38.3 Å². The van der Waals surface area contributed by atoms with Crippen molar-refractivity contribution in [3.8, 4) is 5.75 Å². The summed E-state index contributed by atoms with van der Waals surface area (Å²) in [5, 5.41) is 14.0. The molecule has 3 rings (SSSR count). The number of hydrogen-bond donors (Lipinski definition) is 1. The summed E-state index contributed by atoms with van der Waals surface area (Å²) in [7, 11) is -2.83. The van der Waals surface area contributed by atoms with Crippen LogP contribution < -0.4 is 14.4 Å². The molecule has 166 valence electrons. The van der Waals surface area contributed by atoms with Gasteiger partial charge in [0, 0.05) is 17.3 Å². The van der Waals surface area contributed by atoms with Gasteiger partial charge >= 0.3 is 0 Å². The van der Waals surface area contributed by atoms with Crippen molar-refractivity contribution < 1.29 is 22.9 Å². The number of nitrogens with zero attached hydrogens (tertiary/aromatic N) is 2. The molecule has 1 N–H and O–H groups in total. The maximum Gasteiger partial charge on any atom is 0.273 e. The van der Waals surface area contributed by atoms with Crippen LogP contribution in [-0.4, -0.2) is 32.9 Å². The van der Waals surface area contributed by atoms with E-state index < -0.39 is 27.4 Å². The van der Waals surface area contributed by atoms with E-state index in [1.807, 2.05) is 0 Å². The molecule has 0 radical (unpaired) electrons. The number of carbonyl (C=O) groups is 1. The number of nitro benzene ring substituents is 1. The monoisotopic (exact) mass is 455 g/mol. The van der Waals surface area contributed by atoms with Crippen LogP contribution in [0.15, 0.2) is 77.7 Å². The van der Waals surface area contributed by atoms with Crippen LogP contribution in [-0.2, 0) is 14.8 Å². The Labute approximate surface area is 185 Å². The number of anilines is 2. The van der Waals surface area contributed by atoms with Crippen LogP contribution in [0.25, 0.3) is 0 Å². The SMILES string of the molecule is COc1ccc(N(CC(=O)Nc2ccccc2)S(=O)(=O)c2ccc(C)c([N+](=O)[O-])c2)cc1. The Hall–Kier alpha value is -3.92. The number of ether oxygens (including phenoxy) is 1. The van der Waals surface area contributed by atoms with Crippen LogP contribution >= 0.6 is 0 Å². The quantitative estimate of drug-likeness (QED) is 0.408. The molecule has 0 saturated carbocycles. The van der Waals surface area contributed by atoms with E-state index in [0.717, 1.165) is 10.4 Å². The second-order valence-corrected chi connectivity index (χ2v) is 8.69. The fraction of sp³-hybridized carbons (Fsp3) is 0.136. The van der Waals surface area contributed by atoms with Crippen LogP contribution in [0.1, 0.15) is 5.56 Å². The lowest BCUT2D eigenvalue weighted by Gasteiger charge is -2.24. The van der Waals surface area contributed by atoms with Crippen molar-refractivity contribution in [2.75, 3.05) is 23.3 Å². The van der Waals surface area contributed by atoms with Gasteiger partial charge in [-0.05, 0) is 49.4 Å². The number of para-hydroxylation sites is 1. The molecular formula is C22H21N3O6S. The Bertz CT molecular complexity index is 1230. The minimum Gasteiger partial charge on any atom is -0.497 e. The molecule has 0 atom stereocenters. The smallest absolute Gasteiger partial charge is 0.273 e. The van der Waals surface area contributed by atoms with Gasteiger partial charge in [-0.1, -0.05) is 24.3 Å². The molecule has 3 aromatic carbocycles. The van der Waals surface area contributed by atoms with E-state index >= 15 is 0 Å². The van der Waals surface area contributed by atoms with E-state index in [9.17, 15) is 23.3 Å². The molecule has 1 amide bonds. The van der Waals surface area contributed by atoms with Gasteiger partial charge in [0.05, 0.1) is 22.6 Å². The zero-order valence-corrected chi connectivity index (χ0v) is 18.2. The van der Waals surface area contributed by atoms with Gasteiger partial charge in [0.2, 0.25) is 5.91 Å². The van der Waals surface area contributed by atoms with E-state index in [0.29, 0.717) is 17.0 Å². The lowest BCUT2D eigenvalue weighted by molar-refractivity contribution is -0.385. The minimum atomic E-state index is -4.31. The number of sulfonamides is 1. The Morgan fingerprint density at radius 2 is 1.72 bits per heavy atom. The molecule has 3 aromatic rings. The standard InChI is InChI=1S/C22H21N3O6S/c1-16-8-13-20(14-21(16)25(27)28)32(29,30)24(18-9-11-19(31-2)12-10-18)15-22(26)23-17-6-4-3-5-7-17/h3-14H,15H2,1-2H3,(H,23,26). The molecule has 0 spiro atoms. The Morgan fingerprint density at radius 1 is 1.06 bits per heavy atom. The van der Waals surface area contributed by atoms with Gasteiger partial charge in [-0.3, -0.25) is 19.2 Å². The molecule has 32 heavy (non-hydrogen) atoms. The third kappa shape index (κ3) is 5.03. The highest BCUT2D eigenvalue weighted by Gasteiger charge is 2.29. The highest BCUT2D eigenvalue weighted by atomic mass is 32.2. The second-order valence-electron chi connectivity index (χ2n) is 6.83. The first-order chi connectivity index (χ1) is 15.2. The Kier molecular flexibility index (Phi) is 6.74. The maximum atomic E-state index is 13.5. The van der Waals surface area contributed by atoms with Crippen LogP contribution in [0.2, 0.25) is 0 Å². The number of aryl methyl sites for hydroxylation is 1. The first-order valence-electron chi connectivity index (χ1n) is 9.49. The number of amides is 1. The zero-order valence-electron chi connectivity index (χ0n) is 17.4. The number of nitro groups is 1. The molecule has 0 aliphatic rings. The van der Waals surface area contributed by atoms with E-state index in [4.69, 9.17) is 4.74 Å². The van der Waals surface area contributed by atoms with E-state index in [-0.39, 0.29) is 16.3 Å². The summed E-state index contributed by atoms with van der Waals surface area (Å²) in [4.78, 5) is 23.0. The summed E-state index contributed by atoms with van der Waals surface area (Å²) in [5.41, 5.74) is 0.717. The summed E-state index contributed by atoms with van der Waals surface area (Å²) >= 11 is 0. The number of rotatable bonds is 8. The molecule has 9 nitrogen and oxygen atoms in total. The van der Waals surface area contributed by atoms with Gasteiger partial charge in [-0.25, -0.2) is 8.42 Å². The van der Waals surface area contributed by atoms with Crippen molar-refractivity contribution >= 4 is 33.0 Å². The number of nitrogens with one attached hydrogen (secondary N) is 1. The van der Waals surface area contributed by atoms with Crippen LogP contribution in [0, 0.1) is 17.0 Å². The second kappa shape index (κ2) is 9.48. The third-order valence-electron chi connectivity index (χ3n) is 4.67. The highest BCUT2D eigenvalue weighted by Crippen LogP contribution is 2.29. The summed E-state index contributed by atoms with van der Waals surface area (Å²) in [6, 6.07) is 18.4. The lowest BCUT2D eigenvalue weighted by atomic mass is 10.2. The van der Waals surface area contributed by atoms with Crippen molar-refractivity contribution in [3.05, 3.63) is 88.5 Å². The van der Waals surface area contributed by atoms with Gasteiger partial charge in [-0.2, -0.15) is 0 Å². The van der Waals surface area contributed by atoms with Crippen molar-refractivity contribution in [1.29, 1.82) is 0 Å². The predicted molar refractivity (Wildman–Crippen MR) is 120 cm³/mol. The maximum absolute atomic E-state index is 13.5. The van der Waals surface area contributed by atoms with Crippen LogP contribution in [0.4, 0.5) is 17.1 Å². The largest absolute Gasteiger partial charge is 0.497 e. The van der Waals surface area contributed by atoms with Crippen molar-refractivity contribution in [2.45, 2.75) is 11.8 Å². The summed E-state index contributed by atoms with van der Waals surface area (Å²) in [6.45, 7) is 0.980. The normalized spacial score (nSPS) is 10.9. The summed E-state index contributed by atoms with van der Waals surface area (Å²) in [6.07, 6.45) is 0. The van der Waals surface area contributed by atoms with E-state index in [2.05, 4.69) is 5.32 Å². The molecule has 0 bridgehead atoms. The topological polar surface area (TPSA) is 119 Å². The summed E-state index contributed by atoms with van der Waals surface area (Å²) < 4.78 is 32.9. The summed E-state index contributed by atoms with van der Waals surface area (Å²) in [5.74, 6) is -0.0667. The average molecular weight is 455 g/mol. The Morgan fingerprint density at radius 3 is 2.31 bits per heavy atom. The zero-order chi connectivity index (χ0) is 23.3. The van der Waals surface area contributed by atoms with Gasteiger partial charge in [-0.15, -0.1) is 0 Å². The number of carbonyl (C=O) groups excluding carboxylic acids is 1. The fourth-order valence-electron chi connectivity index (χ4n) is 2.99. The number of benzene rings is 3. The van der Waals surface area contributed by atoms with Crippen molar-refractivity contribution in [1.82, 2.24) is 0 Å². The fourth-order valence-corrected chi connectivity index (χ4v) is 4.43. The molecule has 0 unspecified atom stereocenters. The molecular weight excluding hydrogens is 434 g/mol. The molecule has 10 heteroatoms. The molecule has 0 saturated heterocycles. The third-order valence-corrected chi connectivity index (χ3v) is 6.44. The molecule has 0 aliphatic heterocycles. The molecule has 0 heterocycles. The minimum absolute atomic E-state index is 0.206. The Balaban J connectivity index is 2.01. The van der Waals surface area contributed by atoms with Crippen molar-refractivity contribution in [2.24, 2.45) is 0 Å². The first kappa shape index (κ1) is 22.8. The first-order valence-corrected chi connectivity index (χ1v) is 10.9. The van der Waals surface area contributed by atoms with E-state index in [1.54, 1.807) is 42.5 Å². The van der Waals surface area contributed by atoms with Gasteiger partial charge < -0.3 is 10.1 Å². The number of hydrogen-bond acceptors (Lipinski definition) is 6. The van der Waals surface area contributed by atoms with Crippen molar-refractivity contribution in [3.63, 3.8) is 0 Å². The highest BCUT2D eigenvalue weighted by molar-refractivity contribution is 7.92. The van der Waals surface area contributed by atoms with Crippen LogP contribution in [0.3, 0.4) is 0 Å². The van der Waals surface area contributed by atoms with Gasteiger partial charge in [0.1, 0.15) is 12.3 Å². The van der Waals surface area contributed by atoms with Gasteiger partial charge in [0.25, 0.3) is 15.7 Å².